The van der Waals surface area contributed by atoms with Crippen LogP contribution in [0, 0.1) is 5.92 Å². The molecule has 0 radical (unpaired) electrons. The lowest BCUT2D eigenvalue weighted by Gasteiger charge is -2.18. The van der Waals surface area contributed by atoms with Gasteiger partial charge in [-0.2, -0.15) is 0 Å². The van der Waals surface area contributed by atoms with Gasteiger partial charge >= 0.3 is 7.82 Å². The topological polar surface area (TPSA) is 105 Å². The van der Waals surface area contributed by atoms with E-state index in [1.807, 2.05) is 0 Å². The largest absolute Gasteiger partial charge is 0.472 e. The molecular formula is C13H28NO6P. The number of hydrogen-bond donors (Lipinski definition) is 3. The van der Waals surface area contributed by atoms with Crippen LogP contribution in [0.2, 0.25) is 0 Å². The summed E-state index contributed by atoms with van der Waals surface area (Å²) in [5, 5.41) is 12.0. The third-order valence-corrected chi connectivity index (χ3v) is 3.92. The summed E-state index contributed by atoms with van der Waals surface area (Å²) in [6.45, 7) is 5.52. The number of aliphatic hydroxyl groups excluding tert-OH is 1. The number of aliphatic hydroxyl groups is 1. The molecule has 21 heavy (non-hydrogen) atoms. The standard InChI is InChI=1S/C13H28NO6P/c1-4-13(16)14-8-6-5-7-12(9-15)10-19-21(17,18)20-11(2)3/h11-12,15H,4-10H2,1-3H3,(H,14,16)(H,17,18). The first-order valence-corrected chi connectivity index (χ1v) is 8.83. The molecule has 0 aliphatic carbocycles. The lowest BCUT2D eigenvalue weighted by atomic mass is 10.0. The fraction of sp³-hybridized carbons (Fsp3) is 0.923. The Morgan fingerprint density at radius 1 is 1.33 bits per heavy atom. The molecule has 2 unspecified atom stereocenters. The van der Waals surface area contributed by atoms with E-state index in [1.54, 1.807) is 20.8 Å². The molecule has 0 bridgehead atoms. The van der Waals surface area contributed by atoms with Gasteiger partial charge in [0.05, 0.1) is 12.7 Å². The van der Waals surface area contributed by atoms with E-state index in [-0.39, 0.29) is 25.0 Å². The summed E-state index contributed by atoms with van der Waals surface area (Å²) >= 11 is 0. The van der Waals surface area contributed by atoms with Crippen molar-refractivity contribution in [3.05, 3.63) is 0 Å². The monoisotopic (exact) mass is 325 g/mol. The number of hydrogen-bond acceptors (Lipinski definition) is 5. The van der Waals surface area contributed by atoms with E-state index in [2.05, 4.69) is 5.32 Å². The van der Waals surface area contributed by atoms with Crippen molar-refractivity contribution in [2.45, 2.75) is 52.6 Å². The minimum absolute atomic E-state index is 0.0177. The van der Waals surface area contributed by atoms with Crippen molar-refractivity contribution in [2.75, 3.05) is 19.8 Å². The summed E-state index contributed by atoms with van der Waals surface area (Å²) in [6, 6.07) is 0. The molecule has 0 heterocycles. The van der Waals surface area contributed by atoms with Crippen molar-refractivity contribution < 1.29 is 28.4 Å². The Balaban J connectivity index is 3.85. The number of nitrogens with one attached hydrogen (secondary N) is 1. The Hall–Kier alpha value is -0.460. The predicted octanol–water partition coefficient (Wildman–Crippen LogP) is 1.83. The highest BCUT2D eigenvalue weighted by Gasteiger charge is 2.24. The van der Waals surface area contributed by atoms with Crippen molar-refractivity contribution in [2.24, 2.45) is 5.92 Å². The van der Waals surface area contributed by atoms with Gasteiger partial charge in [0.1, 0.15) is 0 Å². The summed E-state index contributed by atoms with van der Waals surface area (Å²) < 4.78 is 21.2. The molecule has 0 fully saturated rings. The van der Waals surface area contributed by atoms with Gasteiger partial charge in [0.15, 0.2) is 0 Å². The molecule has 0 aliphatic heterocycles. The van der Waals surface area contributed by atoms with Crippen molar-refractivity contribution in [1.29, 1.82) is 0 Å². The molecule has 126 valence electrons. The molecule has 7 nitrogen and oxygen atoms in total. The molecule has 0 aromatic rings. The molecule has 0 aromatic heterocycles. The van der Waals surface area contributed by atoms with E-state index in [9.17, 15) is 19.4 Å². The minimum atomic E-state index is -4.05. The van der Waals surface area contributed by atoms with Crippen LogP contribution in [0.3, 0.4) is 0 Å². The van der Waals surface area contributed by atoms with E-state index in [0.717, 1.165) is 12.8 Å². The molecule has 0 aromatic carbocycles. The first kappa shape index (κ1) is 20.5. The maximum Gasteiger partial charge on any atom is 0.472 e. The van der Waals surface area contributed by atoms with Crippen molar-refractivity contribution in [3.63, 3.8) is 0 Å². The zero-order valence-electron chi connectivity index (χ0n) is 13.1. The van der Waals surface area contributed by atoms with Crippen LogP contribution in [-0.2, 0) is 18.4 Å². The van der Waals surface area contributed by atoms with Crippen molar-refractivity contribution in [3.8, 4) is 0 Å². The van der Waals surface area contributed by atoms with Gasteiger partial charge in [-0.15, -0.1) is 0 Å². The molecular weight excluding hydrogens is 297 g/mol. The van der Waals surface area contributed by atoms with Crippen LogP contribution in [0.25, 0.3) is 0 Å². The first-order valence-electron chi connectivity index (χ1n) is 7.34. The molecule has 1 amide bonds. The zero-order valence-corrected chi connectivity index (χ0v) is 14.0. The molecule has 0 aliphatic rings. The molecule has 0 rings (SSSR count). The first-order chi connectivity index (χ1) is 9.80. The molecule has 2 atom stereocenters. The summed E-state index contributed by atoms with van der Waals surface area (Å²) in [5.74, 6) is -0.202. The van der Waals surface area contributed by atoms with Gasteiger partial charge in [-0.05, 0) is 26.7 Å². The molecule has 0 saturated heterocycles. The normalized spacial score (nSPS) is 15.7. The molecule has 3 N–H and O–H groups in total. The van der Waals surface area contributed by atoms with Gasteiger partial charge < -0.3 is 15.3 Å². The van der Waals surface area contributed by atoms with E-state index in [0.29, 0.717) is 19.4 Å². The van der Waals surface area contributed by atoms with Crippen molar-refractivity contribution in [1.82, 2.24) is 5.32 Å². The highest BCUT2D eigenvalue weighted by Crippen LogP contribution is 2.44. The fourth-order valence-electron chi connectivity index (χ4n) is 1.63. The Kier molecular flexibility index (Phi) is 10.9. The Labute approximate surface area is 126 Å². The van der Waals surface area contributed by atoms with Crippen LogP contribution in [-0.4, -0.2) is 41.8 Å². The van der Waals surface area contributed by atoms with Crippen LogP contribution in [0.15, 0.2) is 0 Å². The van der Waals surface area contributed by atoms with Crippen LogP contribution in [0.1, 0.15) is 46.5 Å². The third-order valence-electron chi connectivity index (χ3n) is 2.76. The quantitative estimate of drug-likeness (QED) is 0.373. The lowest BCUT2D eigenvalue weighted by Crippen LogP contribution is -2.23. The molecule has 8 heteroatoms. The maximum atomic E-state index is 11.5. The average Bonchev–Trinajstić information content (AvgIpc) is 2.40. The fourth-order valence-corrected chi connectivity index (χ4v) is 2.63. The van der Waals surface area contributed by atoms with Crippen LogP contribution in [0.4, 0.5) is 0 Å². The summed E-state index contributed by atoms with van der Waals surface area (Å²) in [7, 11) is -4.05. The Morgan fingerprint density at radius 3 is 2.52 bits per heavy atom. The van der Waals surface area contributed by atoms with Gasteiger partial charge in [-0.25, -0.2) is 4.57 Å². The number of rotatable bonds is 12. The van der Waals surface area contributed by atoms with Crippen LogP contribution in [0.5, 0.6) is 0 Å². The number of unbranched alkanes of at least 4 members (excludes halogenated alkanes) is 1. The van der Waals surface area contributed by atoms with Gasteiger partial charge in [0, 0.05) is 25.5 Å². The van der Waals surface area contributed by atoms with Crippen LogP contribution >= 0.6 is 7.82 Å². The number of phosphoric acid groups is 1. The number of carbonyl (C=O) groups is 1. The average molecular weight is 325 g/mol. The summed E-state index contributed by atoms with van der Waals surface area (Å²) in [6.07, 6.45) is 2.30. The second kappa shape index (κ2) is 11.2. The van der Waals surface area contributed by atoms with Crippen LogP contribution < -0.4 is 5.32 Å². The van der Waals surface area contributed by atoms with E-state index in [1.165, 1.54) is 0 Å². The number of phosphoric ester groups is 1. The van der Waals surface area contributed by atoms with Gasteiger partial charge in [-0.3, -0.25) is 13.8 Å². The molecule has 0 spiro atoms. The number of amides is 1. The second-order valence-corrected chi connectivity index (χ2v) is 6.57. The smallest absolute Gasteiger partial charge is 0.396 e. The number of carbonyl (C=O) groups excluding carboxylic acids is 1. The second-order valence-electron chi connectivity index (χ2n) is 5.17. The van der Waals surface area contributed by atoms with Crippen molar-refractivity contribution >= 4 is 13.7 Å². The highest BCUT2D eigenvalue weighted by molar-refractivity contribution is 7.47. The summed E-state index contributed by atoms with van der Waals surface area (Å²) in [4.78, 5) is 20.4. The van der Waals surface area contributed by atoms with Gasteiger partial charge in [0.25, 0.3) is 0 Å². The minimum Gasteiger partial charge on any atom is -0.396 e. The SMILES string of the molecule is CCC(=O)NCCCCC(CO)COP(=O)(O)OC(C)C. The zero-order chi connectivity index (χ0) is 16.3. The lowest BCUT2D eigenvalue weighted by molar-refractivity contribution is -0.120. The summed E-state index contributed by atoms with van der Waals surface area (Å²) in [5.41, 5.74) is 0. The van der Waals surface area contributed by atoms with Gasteiger partial charge in [0.2, 0.25) is 5.91 Å². The van der Waals surface area contributed by atoms with Gasteiger partial charge in [-0.1, -0.05) is 13.3 Å². The predicted molar refractivity (Wildman–Crippen MR) is 79.7 cm³/mol. The maximum absolute atomic E-state index is 11.5. The highest BCUT2D eigenvalue weighted by atomic mass is 31.2. The van der Waals surface area contributed by atoms with E-state index < -0.39 is 13.9 Å². The third kappa shape index (κ3) is 11.8. The Morgan fingerprint density at radius 2 is 2.00 bits per heavy atom. The molecule has 0 saturated carbocycles. The van der Waals surface area contributed by atoms with E-state index in [4.69, 9.17) is 9.05 Å². The van der Waals surface area contributed by atoms with E-state index >= 15 is 0 Å². The Bertz CT molecular complexity index is 337.